The van der Waals surface area contributed by atoms with E-state index in [4.69, 9.17) is 16.0 Å². The fourth-order valence-corrected chi connectivity index (χ4v) is 0.842. The topological polar surface area (TPSA) is 64.7 Å². The lowest BCUT2D eigenvalue weighted by atomic mass is 10.3. The van der Waals surface area contributed by atoms with Gasteiger partial charge in [-0.05, 0) is 11.6 Å². The molecule has 2 aromatic heterocycles. The van der Waals surface area contributed by atoms with Crippen LogP contribution in [0, 0.1) is 0 Å². The van der Waals surface area contributed by atoms with Crippen molar-refractivity contribution in [2.45, 2.75) is 0 Å². The molecule has 6 heteroatoms. The summed E-state index contributed by atoms with van der Waals surface area (Å²) in [5.41, 5.74) is 0.650. The Morgan fingerprint density at radius 3 is 2.50 bits per heavy atom. The maximum Gasteiger partial charge on any atom is 0.313 e. The zero-order valence-electron chi connectivity index (χ0n) is 5.81. The second kappa shape index (κ2) is 2.86. The molecule has 0 unspecified atom stereocenters. The van der Waals surface area contributed by atoms with Gasteiger partial charge in [-0.3, -0.25) is 0 Å². The fourth-order valence-electron chi connectivity index (χ4n) is 0.732. The number of aromatic nitrogens is 4. The minimum absolute atomic E-state index is 0.00820. The monoisotopic (exact) mass is 182 g/mol. The van der Waals surface area contributed by atoms with Crippen LogP contribution in [0.1, 0.15) is 0 Å². The van der Waals surface area contributed by atoms with E-state index in [1.165, 1.54) is 6.33 Å². The maximum atomic E-state index is 5.43. The molecular formula is C6H3ClN4O. The van der Waals surface area contributed by atoms with Crippen molar-refractivity contribution < 1.29 is 4.42 Å². The highest BCUT2D eigenvalue weighted by Gasteiger charge is 2.05. The van der Waals surface area contributed by atoms with Gasteiger partial charge in [0, 0.05) is 12.4 Å². The Balaban J connectivity index is 2.45. The summed E-state index contributed by atoms with van der Waals surface area (Å²) in [7, 11) is 0. The molecule has 5 nitrogen and oxygen atoms in total. The van der Waals surface area contributed by atoms with Gasteiger partial charge in [0.05, 0.1) is 5.56 Å². The first kappa shape index (κ1) is 7.17. The lowest BCUT2D eigenvalue weighted by Gasteiger charge is -1.88. The van der Waals surface area contributed by atoms with Gasteiger partial charge in [-0.15, -0.1) is 5.10 Å². The number of hydrogen-bond donors (Lipinski definition) is 0. The summed E-state index contributed by atoms with van der Waals surface area (Å²) >= 11 is 5.43. The van der Waals surface area contributed by atoms with Crippen LogP contribution in [0.15, 0.2) is 23.1 Å². The van der Waals surface area contributed by atoms with Gasteiger partial charge < -0.3 is 4.42 Å². The summed E-state index contributed by atoms with van der Waals surface area (Å²) in [5.74, 6) is 0.320. The minimum Gasteiger partial charge on any atom is -0.407 e. The zero-order valence-corrected chi connectivity index (χ0v) is 6.56. The highest BCUT2D eigenvalue weighted by Crippen LogP contribution is 2.16. The van der Waals surface area contributed by atoms with E-state index in [-0.39, 0.29) is 5.35 Å². The Morgan fingerprint density at radius 1 is 1.17 bits per heavy atom. The SMILES string of the molecule is Clc1nnc(-c2cncnc2)o1. The van der Waals surface area contributed by atoms with Crippen molar-refractivity contribution >= 4 is 11.6 Å². The van der Waals surface area contributed by atoms with Crippen LogP contribution in [0.5, 0.6) is 0 Å². The molecule has 0 aliphatic heterocycles. The highest BCUT2D eigenvalue weighted by molar-refractivity contribution is 6.27. The van der Waals surface area contributed by atoms with Crippen molar-refractivity contribution in [3.63, 3.8) is 0 Å². The molecule has 2 aromatic rings. The van der Waals surface area contributed by atoms with Crippen molar-refractivity contribution in [3.8, 4) is 11.5 Å². The van der Waals surface area contributed by atoms with Crippen LogP contribution < -0.4 is 0 Å². The lowest BCUT2D eigenvalue weighted by Crippen LogP contribution is -1.81. The number of nitrogens with zero attached hydrogens (tertiary/aromatic N) is 4. The summed E-state index contributed by atoms with van der Waals surface area (Å²) < 4.78 is 4.93. The molecule has 0 radical (unpaired) electrons. The quantitative estimate of drug-likeness (QED) is 0.663. The molecule has 0 N–H and O–H groups in total. The summed E-state index contributed by atoms with van der Waals surface area (Å²) in [6.45, 7) is 0. The fraction of sp³-hybridized carbons (Fsp3) is 0. The van der Waals surface area contributed by atoms with Crippen molar-refractivity contribution in [3.05, 3.63) is 24.1 Å². The Kier molecular flexibility index (Phi) is 1.71. The van der Waals surface area contributed by atoms with Crippen LogP contribution in [-0.4, -0.2) is 20.2 Å². The van der Waals surface area contributed by atoms with Crippen LogP contribution >= 0.6 is 11.6 Å². The highest BCUT2D eigenvalue weighted by atomic mass is 35.5. The first-order valence-corrected chi connectivity index (χ1v) is 3.48. The Labute approximate surface area is 72.4 Å². The molecule has 0 atom stereocenters. The smallest absolute Gasteiger partial charge is 0.313 e. The third-order valence-electron chi connectivity index (χ3n) is 1.21. The molecule has 0 aliphatic carbocycles. The van der Waals surface area contributed by atoms with Gasteiger partial charge in [0.1, 0.15) is 6.33 Å². The molecule has 0 saturated heterocycles. The molecule has 0 fully saturated rings. The van der Waals surface area contributed by atoms with Crippen LogP contribution in [0.2, 0.25) is 5.35 Å². The standard InChI is InChI=1S/C6H3ClN4O/c7-6-11-10-5(12-6)4-1-8-3-9-2-4/h1-3H. The lowest BCUT2D eigenvalue weighted by molar-refractivity contribution is 0.570. The van der Waals surface area contributed by atoms with Gasteiger partial charge in [0.15, 0.2) is 0 Å². The predicted octanol–water partition coefficient (Wildman–Crippen LogP) is 1.18. The molecule has 12 heavy (non-hydrogen) atoms. The van der Waals surface area contributed by atoms with Crippen molar-refractivity contribution in [1.29, 1.82) is 0 Å². The predicted molar refractivity (Wildman–Crippen MR) is 40.3 cm³/mol. The van der Waals surface area contributed by atoms with Gasteiger partial charge in [-0.1, -0.05) is 5.10 Å². The molecule has 60 valence electrons. The molecule has 0 spiro atoms. The summed E-state index contributed by atoms with van der Waals surface area (Å²) in [6, 6.07) is 0. The van der Waals surface area contributed by atoms with Gasteiger partial charge in [0.2, 0.25) is 0 Å². The second-order valence-electron chi connectivity index (χ2n) is 1.99. The summed E-state index contributed by atoms with van der Waals surface area (Å²) in [6.07, 6.45) is 4.55. The summed E-state index contributed by atoms with van der Waals surface area (Å²) in [5, 5.41) is 7.15. The van der Waals surface area contributed by atoms with Crippen LogP contribution in [0.3, 0.4) is 0 Å². The van der Waals surface area contributed by atoms with Gasteiger partial charge in [-0.2, -0.15) is 0 Å². The minimum atomic E-state index is 0.00820. The maximum absolute atomic E-state index is 5.43. The molecule has 0 bridgehead atoms. The van der Waals surface area contributed by atoms with E-state index in [9.17, 15) is 0 Å². The van der Waals surface area contributed by atoms with E-state index in [1.807, 2.05) is 0 Å². The Morgan fingerprint density at radius 2 is 1.92 bits per heavy atom. The normalized spacial score (nSPS) is 10.1. The Hall–Kier alpha value is -1.49. The van der Waals surface area contributed by atoms with Crippen molar-refractivity contribution in [2.75, 3.05) is 0 Å². The van der Waals surface area contributed by atoms with Crippen molar-refractivity contribution in [2.24, 2.45) is 0 Å². The number of hydrogen-bond acceptors (Lipinski definition) is 5. The van der Waals surface area contributed by atoms with Crippen LogP contribution in [0.4, 0.5) is 0 Å². The largest absolute Gasteiger partial charge is 0.407 e. The van der Waals surface area contributed by atoms with Crippen LogP contribution in [0.25, 0.3) is 11.5 Å². The number of rotatable bonds is 1. The first-order valence-electron chi connectivity index (χ1n) is 3.10. The second-order valence-corrected chi connectivity index (χ2v) is 2.31. The van der Waals surface area contributed by atoms with E-state index >= 15 is 0 Å². The van der Waals surface area contributed by atoms with E-state index in [2.05, 4.69) is 20.2 Å². The average Bonchev–Trinajstić information content (AvgIpc) is 2.54. The molecule has 2 heterocycles. The molecule has 0 aliphatic rings. The van der Waals surface area contributed by atoms with Gasteiger partial charge >= 0.3 is 5.35 Å². The van der Waals surface area contributed by atoms with Crippen molar-refractivity contribution in [1.82, 2.24) is 20.2 Å². The third-order valence-corrected chi connectivity index (χ3v) is 1.36. The van der Waals surface area contributed by atoms with E-state index in [0.29, 0.717) is 11.5 Å². The zero-order chi connectivity index (χ0) is 8.39. The summed E-state index contributed by atoms with van der Waals surface area (Å²) in [4.78, 5) is 7.58. The Bertz CT molecular complexity index is 374. The average molecular weight is 183 g/mol. The van der Waals surface area contributed by atoms with E-state index < -0.39 is 0 Å². The molecule has 0 aromatic carbocycles. The van der Waals surface area contributed by atoms with Crippen LogP contribution in [-0.2, 0) is 0 Å². The third kappa shape index (κ3) is 1.26. The molecule has 0 saturated carbocycles. The van der Waals surface area contributed by atoms with Gasteiger partial charge in [-0.25, -0.2) is 9.97 Å². The van der Waals surface area contributed by atoms with E-state index in [0.717, 1.165) is 0 Å². The molecule has 2 rings (SSSR count). The van der Waals surface area contributed by atoms with Gasteiger partial charge in [0.25, 0.3) is 5.89 Å². The molecular weight excluding hydrogens is 180 g/mol. The number of halogens is 1. The first-order chi connectivity index (χ1) is 5.86. The molecule has 0 amide bonds. The van der Waals surface area contributed by atoms with E-state index in [1.54, 1.807) is 12.4 Å².